The standard InChI is InChI=1S/C17H27NO2/c1-16(2,10-11-19-5)12-18-15-13-8-6-7-9-14(13)20-17(15,3)4/h6-9,15,18H,10-12H2,1-5H3. The van der Waals surface area contributed by atoms with Gasteiger partial charge in [0.15, 0.2) is 0 Å². The third kappa shape index (κ3) is 3.33. The van der Waals surface area contributed by atoms with Crippen LogP contribution in [-0.4, -0.2) is 25.9 Å². The Labute approximate surface area is 122 Å². The Morgan fingerprint density at radius 3 is 2.70 bits per heavy atom. The van der Waals surface area contributed by atoms with Crippen molar-refractivity contribution in [2.75, 3.05) is 20.3 Å². The molecule has 1 heterocycles. The molecule has 2 rings (SSSR count). The highest BCUT2D eigenvalue weighted by Gasteiger charge is 2.41. The van der Waals surface area contributed by atoms with Crippen LogP contribution < -0.4 is 10.1 Å². The molecule has 3 nitrogen and oxygen atoms in total. The van der Waals surface area contributed by atoms with Crippen LogP contribution in [0.4, 0.5) is 0 Å². The summed E-state index contributed by atoms with van der Waals surface area (Å²) in [4.78, 5) is 0. The van der Waals surface area contributed by atoms with Crippen LogP contribution in [0.15, 0.2) is 24.3 Å². The minimum absolute atomic E-state index is 0.207. The van der Waals surface area contributed by atoms with Crippen LogP contribution in [0.3, 0.4) is 0 Å². The van der Waals surface area contributed by atoms with Crippen LogP contribution in [-0.2, 0) is 4.74 Å². The molecule has 0 aliphatic carbocycles. The molecule has 112 valence electrons. The molecule has 1 aliphatic heterocycles. The first-order valence-corrected chi connectivity index (χ1v) is 7.36. The maximum absolute atomic E-state index is 6.07. The molecule has 0 saturated carbocycles. The van der Waals surface area contributed by atoms with E-state index in [0.29, 0.717) is 0 Å². The van der Waals surface area contributed by atoms with E-state index in [4.69, 9.17) is 9.47 Å². The SMILES string of the molecule is COCCC(C)(C)CNC1c2ccccc2OC1(C)C. The lowest BCUT2D eigenvalue weighted by Crippen LogP contribution is -2.42. The fourth-order valence-corrected chi connectivity index (χ4v) is 2.73. The summed E-state index contributed by atoms with van der Waals surface area (Å²) < 4.78 is 11.3. The Balaban J connectivity index is 2.05. The van der Waals surface area contributed by atoms with Crippen LogP contribution in [0.25, 0.3) is 0 Å². The summed E-state index contributed by atoms with van der Waals surface area (Å²) in [5.41, 5.74) is 1.27. The van der Waals surface area contributed by atoms with Gasteiger partial charge in [-0.15, -0.1) is 0 Å². The molecular weight excluding hydrogens is 250 g/mol. The largest absolute Gasteiger partial charge is 0.486 e. The van der Waals surface area contributed by atoms with Gasteiger partial charge in [-0.2, -0.15) is 0 Å². The number of methoxy groups -OCH3 is 1. The van der Waals surface area contributed by atoms with Gasteiger partial charge in [-0.1, -0.05) is 32.0 Å². The normalized spacial score (nSPS) is 20.6. The molecule has 1 N–H and O–H groups in total. The summed E-state index contributed by atoms with van der Waals surface area (Å²) in [6.07, 6.45) is 1.05. The van der Waals surface area contributed by atoms with Crippen molar-refractivity contribution >= 4 is 0 Å². The van der Waals surface area contributed by atoms with Gasteiger partial charge in [0.1, 0.15) is 11.4 Å². The van der Waals surface area contributed by atoms with Crippen molar-refractivity contribution in [3.63, 3.8) is 0 Å². The van der Waals surface area contributed by atoms with E-state index in [1.54, 1.807) is 7.11 Å². The van der Waals surface area contributed by atoms with Crippen molar-refractivity contribution in [1.82, 2.24) is 5.32 Å². The van der Waals surface area contributed by atoms with Gasteiger partial charge >= 0.3 is 0 Å². The molecule has 1 aromatic rings. The zero-order chi connectivity index (χ0) is 14.8. The molecule has 0 saturated heterocycles. The van der Waals surface area contributed by atoms with E-state index in [-0.39, 0.29) is 17.1 Å². The minimum atomic E-state index is -0.207. The molecule has 0 fully saturated rings. The van der Waals surface area contributed by atoms with Gasteiger partial charge in [0, 0.05) is 25.8 Å². The summed E-state index contributed by atoms with van der Waals surface area (Å²) in [5.74, 6) is 1.00. The first kappa shape index (κ1) is 15.3. The van der Waals surface area contributed by atoms with E-state index in [1.807, 2.05) is 6.07 Å². The average molecular weight is 277 g/mol. The van der Waals surface area contributed by atoms with Crippen molar-refractivity contribution in [2.24, 2.45) is 5.41 Å². The molecule has 20 heavy (non-hydrogen) atoms. The van der Waals surface area contributed by atoms with E-state index in [0.717, 1.165) is 25.3 Å². The second-order valence-corrected chi connectivity index (χ2v) is 6.96. The molecule has 0 bridgehead atoms. The Bertz CT molecular complexity index is 454. The number of ether oxygens (including phenoxy) is 2. The maximum Gasteiger partial charge on any atom is 0.125 e. The summed E-state index contributed by atoms with van der Waals surface area (Å²) >= 11 is 0. The molecule has 0 radical (unpaired) electrons. The lowest BCUT2D eigenvalue weighted by atomic mass is 9.87. The van der Waals surface area contributed by atoms with Crippen molar-refractivity contribution in [3.8, 4) is 5.75 Å². The van der Waals surface area contributed by atoms with Crippen LogP contribution in [0.5, 0.6) is 5.75 Å². The number of para-hydroxylation sites is 1. The van der Waals surface area contributed by atoms with Crippen molar-refractivity contribution in [2.45, 2.75) is 45.8 Å². The summed E-state index contributed by atoms with van der Waals surface area (Å²) in [6.45, 7) is 10.6. The molecule has 1 atom stereocenters. The fraction of sp³-hybridized carbons (Fsp3) is 0.647. The zero-order valence-electron chi connectivity index (χ0n) is 13.3. The number of hydrogen-bond donors (Lipinski definition) is 1. The predicted molar refractivity (Wildman–Crippen MR) is 82.2 cm³/mol. The minimum Gasteiger partial charge on any atom is -0.486 e. The Hall–Kier alpha value is -1.06. The van der Waals surface area contributed by atoms with E-state index in [9.17, 15) is 0 Å². The number of benzene rings is 1. The van der Waals surface area contributed by atoms with Crippen LogP contribution in [0.2, 0.25) is 0 Å². The molecular formula is C17H27NO2. The van der Waals surface area contributed by atoms with Gasteiger partial charge < -0.3 is 14.8 Å². The average Bonchev–Trinajstić information content (AvgIpc) is 2.64. The number of nitrogens with one attached hydrogen (secondary N) is 1. The van der Waals surface area contributed by atoms with Gasteiger partial charge in [-0.05, 0) is 31.7 Å². The fourth-order valence-electron chi connectivity index (χ4n) is 2.73. The number of fused-ring (bicyclic) bond motifs is 1. The number of hydrogen-bond acceptors (Lipinski definition) is 3. The first-order chi connectivity index (χ1) is 9.36. The van der Waals surface area contributed by atoms with E-state index >= 15 is 0 Å². The highest BCUT2D eigenvalue weighted by atomic mass is 16.5. The molecule has 3 heteroatoms. The van der Waals surface area contributed by atoms with E-state index in [1.165, 1.54) is 5.56 Å². The van der Waals surface area contributed by atoms with Gasteiger partial charge in [-0.3, -0.25) is 0 Å². The summed E-state index contributed by atoms with van der Waals surface area (Å²) in [5, 5.41) is 3.70. The van der Waals surface area contributed by atoms with Gasteiger partial charge in [0.25, 0.3) is 0 Å². The summed E-state index contributed by atoms with van der Waals surface area (Å²) in [6, 6.07) is 8.55. The van der Waals surface area contributed by atoms with Crippen molar-refractivity contribution in [1.29, 1.82) is 0 Å². The maximum atomic E-state index is 6.07. The second-order valence-electron chi connectivity index (χ2n) is 6.96. The third-order valence-electron chi connectivity index (χ3n) is 4.07. The monoisotopic (exact) mass is 277 g/mol. The molecule has 1 aromatic carbocycles. The molecule has 0 spiro atoms. The quantitative estimate of drug-likeness (QED) is 0.862. The van der Waals surface area contributed by atoms with Crippen LogP contribution in [0, 0.1) is 5.41 Å². The zero-order valence-corrected chi connectivity index (χ0v) is 13.3. The smallest absolute Gasteiger partial charge is 0.125 e. The lowest BCUT2D eigenvalue weighted by Gasteiger charge is -2.32. The van der Waals surface area contributed by atoms with Crippen molar-refractivity contribution < 1.29 is 9.47 Å². The third-order valence-corrected chi connectivity index (χ3v) is 4.07. The second kappa shape index (κ2) is 5.74. The molecule has 0 amide bonds. The van der Waals surface area contributed by atoms with E-state index in [2.05, 4.69) is 51.2 Å². The highest BCUT2D eigenvalue weighted by Crippen LogP contribution is 2.43. The Morgan fingerprint density at radius 1 is 1.30 bits per heavy atom. The van der Waals surface area contributed by atoms with E-state index < -0.39 is 0 Å². The number of rotatable bonds is 6. The Morgan fingerprint density at radius 2 is 2.00 bits per heavy atom. The lowest BCUT2D eigenvalue weighted by molar-refractivity contribution is 0.0870. The molecule has 0 aromatic heterocycles. The van der Waals surface area contributed by atoms with Gasteiger partial charge in [0.05, 0.1) is 6.04 Å². The first-order valence-electron chi connectivity index (χ1n) is 7.36. The molecule has 1 unspecified atom stereocenters. The van der Waals surface area contributed by atoms with Crippen LogP contribution in [0.1, 0.15) is 45.7 Å². The summed E-state index contributed by atoms with van der Waals surface area (Å²) in [7, 11) is 1.76. The van der Waals surface area contributed by atoms with Crippen molar-refractivity contribution in [3.05, 3.63) is 29.8 Å². The molecule has 1 aliphatic rings. The Kier molecular flexibility index (Phi) is 4.40. The highest BCUT2D eigenvalue weighted by molar-refractivity contribution is 5.42. The van der Waals surface area contributed by atoms with Crippen LogP contribution >= 0.6 is 0 Å². The van der Waals surface area contributed by atoms with Gasteiger partial charge in [-0.25, -0.2) is 0 Å². The van der Waals surface area contributed by atoms with Gasteiger partial charge in [0.2, 0.25) is 0 Å². The predicted octanol–water partition coefficient (Wildman–Crippen LogP) is 3.55. The topological polar surface area (TPSA) is 30.5 Å².